The van der Waals surface area contributed by atoms with Crippen LogP contribution >= 0.6 is 0 Å². The number of amides is 3. The molecule has 0 aromatic heterocycles. The molecule has 0 fully saturated rings. The van der Waals surface area contributed by atoms with E-state index < -0.39 is 35.2 Å². The van der Waals surface area contributed by atoms with Gasteiger partial charge in [-0.1, -0.05) is 118 Å². The lowest BCUT2D eigenvalue weighted by Crippen LogP contribution is -2.55. The van der Waals surface area contributed by atoms with Crippen molar-refractivity contribution in [2.75, 3.05) is 6.61 Å². The smallest absolute Gasteiger partial charge is 0.244 e. The van der Waals surface area contributed by atoms with Crippen LogP contribution in [0.5, 0.6) is 0 Å². The third-order valence-corrected chi connectivity index (χ3v) is 7.10. The molecule has 3 amide bonds. The van der Waals surface area contributed by atoms with E-state index in [1.165, 1.54) is 0 Å². The lowest BCUT2D eigenvalue weighted by molar-refractivity contribution is -0.137. The van der Waals surface area contributed by atoms with Gasteiger partial charge in [-0.2, -0.15) is 0 Å². The summed E-state index contributed by atoms with van der Waals surface area (Å²) in [6.07, 6.45) is 1.56. The Kier molecular flexibility index (Phi) is 12.7. The van der Waals surface area contributed by atoms with E-state index >= 15 is 0 Å². The number of unbranched alkanes of at least 4 members (excludes halogenated alkanes) is 1. The fourth-order valence-corrected chi connectivity index (χ4v) is 4.77. The van der Waals surface area contributed by atoms with Gasteiger partial charge in [0.1, 0.15) is 6.04 Å². The highest BCUT2D eigenvalue weighted by atomic mass is 16.5. The molecule has 8 nitrogen and oxygen atoms in total. The fourth-order valence-electron chi connectivity index (χ4n) is 4.77. The molecule has 8 heteroatoms. The first-order valence-electron chi connectivity index (χ1n) is 14.4. The molecule has 42 heavy (non-hydrogen) atoms. The van der Waals surface area contributed by atoms with Crippen LogP contribution < -0.4 is 16.1 Å². The first kappa shape index (κ1) is 32.5. The van der Waals surface area contributed by atoms with Gasteiger partial charge in [0.05, 0.1) is 12.6 Å². The van der Waals surface area contributed by atoms with Crippen molar-refractivity contribution in [1.29, 1.82) is 0 Å². The second-order valence-electron chi connectivity index (χ2n) is 11.5. The number of hydroxylamine groups is 1. The topological polar surface area (TPSA) is 117 Å². The Bertz CT molecular complexity index is 1210. The molecule has 0 saturated carbocycles. The largest absolute Gasteiger partial charge is 0.377 e. The number of carbonyl (C=O) groups is 3. The van der Waals surface area contributed by atoms with Crippen LogP contribution in [0.25, 0.3) is 0 Å². The molecule has 0 heterocycles. The van der Waals surface area contributed by atoms with Gasteiger partial charge in [0.15, 0.2) is 0 Å². The highest BCUT2D eigenvalue weighted by molar-refractivity contribution is 5.91. The average molecular weight is 574 g/mol. The SMILES string of the molecule is CC(C)(C)[C@H](NC(=O)[C@H](CCCCOCc1ccccc1)CC(=O)NO)C(=O)NC(c1ccccc1)c1ccccc1. The predicted molar refractivity (Wildman–Crippen MR) is 162 cm³/mol. The first-order chi connectivity index (χ1) is 20.2. The molecule has 0 saturated heterocycles. The van der Waals surface area contributed by atoms with E-state index in [-0.39, 0.29) is 12.3 Å². The van der Waals surface area contributed by atoms with Crippen LogP contribution in [0.1, 0.15) is 69.2 Å². The van der Waals surface area contributed by atoms with Gasteiger partial charge in [0, 0.05) is 18.9 Å². The lowest BCUT2D eigenvalue weighted by Gasteiger charge is -2.33. The molecule has 4 N–H and O–H groups in total. The summed E-state index contributed by atoms with van der Waals surface area (Å²) in [6, 6.07) is 27.9. The van der Waals surface area contributed by atoms with Crippen molar-refractivity contribution in [2.45, 2.75) is 65.1 Å². The molecular weight excluding hydrogens is 530 g/mol. The van der Waals surface area contributed by atoms with Gasteiger partial charge in [-0.3, -0.25) is 19.6 Å². The molecule has 3 rings (SSSR count). The second-order valence-corrected chi connectivity index (χ2v) is 11.5. The standard InChI is InChI=1S/C34H43N3O5/c1-34(2,3)31(33(40)35-30(26-17-9-5-10-18-26)27-19-11-6-12-20-27)36-32(39)28(23-29(38)37-41)21-13-14-22-42-24-25-15-7-4-8-16-25/h4-12,15-20,28,30-31,41H,13-14,21-24H2,1-3H3,(H,35,40)(H,36,39)(H,37,38)/t28-,31-/m1/s1. The zero-order valence-electron chi connectivity index (χ0n) is 24.7. The number of hydrogen-bond donors (Lipinski definition) is 4. The van der Waals surface area contributed by atoms with E-state index in [0.29, 0.717) is 32.5 Å². The maximum absolute atomic E-state index is 13.8. The van der Waals surface area contributed by atoms with E-state index in [1.54, 1.807) is 5.48 Å². The van der Waals surface area contributed by atoms with Crippen LogP contribution in [0.4, 0.5) is 0 Å². The molecule has 0 bridgehead atoms. The van der Waals surface area contributed by atoms with Crippen molar-refractivity contribution in [1.82, 2.24) is 16.1 Å². The van der Waals surface area contributed by atoms with Crippen LogP contribution in [0.3, 0.4) is 0 Å². The molecule has 0 radical (unpaired) electrons. The Morgan fingerprint density at radius 3 is 1.83 bits per heavy atom. The summed E-state index contributed by atoms with van der Waals surface area (Å²) in [5.74, 6) is -2.11. The van der Waals surface area contributed by atoms with E-state index in [4.69, 9.17) is 9.94 Å². The monoisotopic (exact) mass is 573 g/mol. The third-order valence-electron chi connectivity index (χ3n) is 7.10. The van der Waals surface area contributed by atoms with Gasteiger partial charge in [0.2, 0.25) is 17.7 Å². The highest BCUT2D eigenvalue weighted by Crippen LogP contribution is 2.26. The summed E-state index contributed by atoms with van der Waals surface area (Å²) in [5.41, 5.74) is 3.93. The molecular formula is C34H43N3O5. The van der Waals surface area contributed by atoms with Gasteiger partial charge >= 0.3 is 0 Å². The van der Waals surface area contributed by atoms with Crippen LogP contribution in [0, 0.1) is 11.3 Å². The van der Waals surface area contributed by atoms with Crippen LogP contribution in [0.2, 0.25) is 0 Å². The van der Waals surface area contributed by atoms with Crippen LogP contribution in [-0.4, -0.2) is 35.6 Å². The molecule has 0 aliphatic heterocycles. The van der Waals surface area contributed by atoms with Gasteiger partial charge in [-0.25, -0.2) is 5.48 Å². The summed E-state index contributed by atoms with van der Waals surface area (Å²) >= 11 is 0. The Balaban J connectivity index is 1.66. The molecule has 0 spiro atoms. The predicted octanol–water partition coefficient (Wildman–Crippen LogP) is 5.32. The zero-order chi connectivity index (χ0) is 30.4. The summed E-state index contributed by atoms with van der Waals surface area (Å²) in [6.45, 7) is 6.68. The molecule has 3 aromatic carbocycles. The van der Waals surface area contributed by atoms with Gasteiger partial charge in [-0.05, 0) is 34.9 Å². The normalized spacial score (nSPS) is 12.8. The number of carbonyl (C=O) groups excluding carboxylic acids is 3. The highest BCUT2D eigenvalue weighted by Gasteiger charge is 2.36. The van der Waals surface area contributed by atoms with E-state index in [0.717, 1.165) is 16.7 Å². The Labute approximate surface area is 248 Å². The Hall–Kier alpha value is -4.01. The number of rotatable bonds is 15. The van der Waals surface area contributed by atoms with Crippen molar-refractivity contribution in [3.05, 3.63) is 108 Å². The molecule has 224 valence electrons. The molecule has 2 atom stereocenters. The summed E-state index contributed by atoms with van der Waals surface area (Å²) < 4.78 is 5.74. The van der Waals surface area contributed by atoms with E-state index in [9.17, 15) is 14.4 Å². The minimum absolute atomic E-state index is 0.192. The van der Waals surface area contributed by atoms with Crippen LogP contribution in [-0.2, 0) is 25.7 Å². The van der Waals surface area contributed by atoms with E-state index in [1.807, 2.05) is 112 Å². The zero-order valence-corrected chi connectivity index (χ0v) is 24.7. The molecule has 0 aliphatic rings. The van der Waals surface area contributed by atoms with E-state index in [2.05, 4.69) is 10.6 Å². The quantitative estimate of drug-likeness (QED) is 0.112. The number of benzene rings is 3. The average Bonchev–Trinajstić information content (AvgIpc) is 3.00. The summed E-state index contributed by atoms with van der Waals surface area (Å²) in [7, 11) is 0. The molecule has 0 aliphatic carbocycles. The number of nitrogens with one attached hydrogen (secondary N) is 3. The minimum atomic E-state index is -0.867. The van der Waals surface area contributed by atoms with Crippen molar-refractivity contribution in [2.24, 2.45) is 11.3 Å². The maximum Gasteiger partial charge on any atom is 0.244 e. The van der Waals surface area contributed by atoms with Crippen molar-refractivity contribution in [3.63, 3.8) is 0 Å². The number of ether oxygens (including phenoxy) is 1. The van der Waals surface area contributed by atoms with Gasteiger partial charge < -0.3 is 15.4 Å². The Morgan fingerprint density at radius 2 is 1.31 bits per heavy atom. The molecule has 0 unspecified atom stereocenters. The minimum Gasteiger partial charge on any atom is -0.377 e. The van der Waals surface area contributed by atoms with Crippen LogP contribution in [0.15, 0.2) is 91.0 Å². The summed E-state index contributed by atoms with van der Waals surface area (Å²) in [4.78, 5) is 39.3. The fraction of sp³-hybridized carbons (Fsp3) is 0.382. The van der Waals surface area contributed by atoms with Gasteiger partial charge in [0.25, 0.3) is 0 Å². The maximum atomic E-state index is 13.8. The Morgan fingerprint density at radius 1 is 0.762 bits per heavy atom. The number of hydrogen-bond acceptors (Lipinski definition) is 5. The lowest BCUT2D eigenvalue weighted by atomic mass is 9.84. The van der Waals surface area contributed by atoms with Crippen molar-refractivity contribution in [3.8, 4) is 0 Å². The third kappa shape index (κ3) is 10.4. The second kappa shape index (κ2) is 16.4. The van der Waals surface area contributed by atoms with Crippen molar-refractivity contribution < 1.29 is 24.3 Å². The first-order valence-corrected chi connectivity index (χ1v) is 14.4. The molecule has 3 aromatic rings. The van der Waals surface area contributed by atoms with Crippen molar-refractivity contribution >= 4 is 17.7 Å². The summed E-state index contributed by atoms with van der Waals surface area (Å²) in [5, 5.41) is 15.2. The van der Waals surface area contributed by atoms with Gasteiger partial charge in [-0.15, -0.1) is 0 Å².